The maximum absolute atomic E-state index is 5.81. The minimum Gasteiger partial charge on any atom is -0.472 e. The first-order chi connectivity index (χ1) is 8.88. The van der Waals surface area contributed by atoms with Crippen molar-refractivity contribution in [2.45, 2.75) is 13.3 Å². The summed E-state index contributed by atoms with van der Waals surface area (Å²) in [5, 5.41) is 1.21. The van der Waals surface area contributed by atoms with Crippen molar-refractivity contribution < 1.29 is 4.52 Å². The van der Waals surface area contributed by atoms with Crippen LogP contribution in [0, 0.1) is 0 Å². The summed E-state index contributed by atoms with van der Waals surface area (Å²) < 4.78 is 5.81. The van der Waals surface area contributed by atoms with Crippen molar-refractivity contribution in [3.63, 3.8) is 0 Å². The van der Waals surface area contributed by atoms with Gasteiger partial charge in [0.05, 0.1) is 0 Å². The molecule has 1 atom stereocenters. The van der Waals surface area contributed by atoms with Gasteiger partial charge in [0.1, 0.15) is 14.6 Å². The van der Waals surface area contributed by atoms with E-state index in [1.54, 1.807) is 0 Å². The zero-order chi connectivity index (χ0) is 12.6. The van der Waals surface area contributed by atoms with Gasteiger partial charge in [-0.25, -0.2) is 0 Å². The van der Waals surface area contributed by atoms with Crippen LogP contribution in [0.2, 0.25) is 0 Å². The molecular weight excluding hydrogens is 239 g/mol. The number of rotatable bonds is 5. The second kappa shape index (κ2) is 6.98. The van der Waals surface area contributed by atoms with Gasteiger partial charge in [-0.1, -0.05) is 61.5 Å². The van der Waals surface area contributed by atoms with Gasteiger partial charge in [0.25, 0.3) is 0 Å². The number of allylic oxidation sites excluding steroid dienone is 1. The standard InChI is InChI=1S/C16H17OP/c1-2-3-8-14-9-7-10-15(13-14)17-18-16-11-5-4-6-12-16/h3-13,18H,2H2,1H3. The van der Waals surface area contributed by atoms with Crippen LogP contribution < -0.4 is 9.83 Å². The van der Waals surface area contributed by atoms with Crippen LogP contribution in [-0.4, -0.2) is 0 Å². The van der Waals surface area contributed by atoms with E-state index in [1.807, 2.05) is 30.3 Å². The molecule has 1 nitrogen and oxygen atoms in total. The fraction of sp³-hybridized carbons (Fsp3) is 0.125. The smallest absolute Gasteiger partial charge is 0.123 e. The quantitative estimate of drug-likeness (QED) is 0.720. The van der Waals surface area contributed by atoms with E-state index in [-0.39, 0.29) is 0 Å². The third kappa shape index (κ3) is 4.01. The summed E-state index contributed by atoms with van der Waals surface area (Å²) in [6.45, 7) is 2.13. The van der Waals surface area contributed by atoms with E-state index < -0.39 is 0 Å². The third-order valence-electron chi connectivity index (χ3n) is 2.46. The monoisotopic (exact) mass is 256 g/mol. The van der Waals surface area contributed by atoms with Gasteiger partial charge in [0.15, 0.2) is 0 Å². The summed E-state index contributed by atoms with van der Waals surface area (Å²) in [7, 11) is 0.357. The lowest BCUT2D eigenvalue weighted by Crippen LogP contribution is -1.94. The van der Waals surface area contributed by atoms with Crippen LogP contribution >= 0.6 is 8.81 Å². The molecule has 1 unspecified atom stereocenters. The molecular formula is C16H17OP. The van der Waals surface area contributed by atoms with E-state index in [9.17, 15) is 0 Å². The van der Waals surface area contributed by atoms with E-state index in [4.69, 9.17) is 4.52 Å². The van der Waals surface area contributed by atoms with Crippen LogP contribution in [0.4, 0.5) is 0 Å². The average molecular weight is 256 g/mol. The van der Waals surface area contributed by atoms with Crippen molar-refractivity contribution in [2.24, 2.45) is 0 Å². The normalized spacial score (nSPS) is 11.4. The van der Waals surface area contributed by atoms with Gasteiger partial charge in [-0.2, -0.15) is 0 Å². The summed E-state index contributed by atoms with van der Waals surface area (Å²) in [5.41, 5.74) is 1.19. The lowest BCUT2D eigenvalue weighted by atomic mass is 10.2. The van der Waals surface area contributed by atoms with Crippen LogP contribution in [0.5, 0.6) is 5.75 Å². The van der Waals surface area contributed by atoms with E-state index in [0.29, 0.717) is 8.81 Å². The molecule has 0 spiro atoms. The van der Waals surface area contributed by atoms with Gasteiger partial charge in [0, 0.05) is 5.30 Å². The molecule has 0 saturated heterocycles. The molecule has 0 aromatic heterocycles. The highest BCUT2D eigenvalue weighted by Crippen LogP contribution is 2.22. The van der Waals surface area contributed by atoms with E-state index in [0.717, 1.165) is 12.2 Å². The molecule has 0 aliphatic carbocycles. The Morgan fingerprint density at radius 1 is 1.06 bits per heavy atom. The molecule has 18 heavy (non-hydrogen) atoms. The Hall–Kier alpha value is -1.59. The summed E-state index contributed by atoms with van der Waals surface area (Å²) >= 11 is 0. The van der Waals surface area contributed by atoms with Crippen LogP contribution in [0.25, 0.3) is 6.08 Å². The van der Waals surface area contributed by atoms with Gasteiger partial charge in [-0.15, -0.1) is 0 Å². The molecule has 0 heterocycles. The molecule has 0 radical (unpaired) electrons. The lowest BCUT2D eigenvalue weighted by Gasteiger charge is -2.06. The highest BCUT2D eigenvalue weighted by atomic mass is 31.1. The topological polar surface area (TPSA) is 9.23 Å². The first-order valence-electron chi connectivity index (χ1n) is 6.13. The fourth-order valence-corrected chi connectivity index (χ4v) is 2.25. The van der Waals surface area contributed by atoms with Gasteiger partial charge in [-0.05, 0) is 24.1 Å². The number of hydrogen-bond donors (Lipinski definition) is 0. The highest BCUT2D eigenvalue weighted by Gasteiger charge is 1.96. The average Bonchev–Trinajstić information content (AvgIpc) is 2.44. The zero-order valence-electron chi connectivity index (χ0n) is 10.5. The molecule has 0 N–H and O–H groups in total. The summed E-state index contributed by atoms with van der Waals surface area (Å²) in [6, 6.07) is 18.4. The first kappa shape index (κ1) is 12.9. The van der Waals surface area contributed by atoms with E-state index >= 15 is 0 Å². The highest BCUT2D eigenvalue weighted by molar-refractivity contribution is 7.42. The van der Waals surface area contributed by atoms with Crippen LogP contribution in [0.1, 0.15) is 18.9 Å². The maximum atomic E-state index is 5.81. The Labute approximate surface area is 110 Å². The Morgan fingerprint density at radius 2 is 1.89 bits per heavy atom. The van der Waals surface area contributed by atoms with Crippen LogP contribution in [-0.2, 0) is 0 Å². The van der Waals surface area contributed by atoms with Gasteiger partial charge >= 0.3 is 0 Å². The predicted molar refractivity (Wildman–Crippen MR) is 80.8 cm³/mol. The second-order valence-electron chi connectivity index (χ2n) is 3.95. The van der Waals surface area contributed by atoms with Crippen molar-refractivity contribution >= 4 is 20.2 Å². The van der Waals surface area contributed by atoms with Gasteiger partial charge in [0.2, 0.25) is 0 Å². The van der Waals surface area contributed by atoms with Crippen molar-refractivity contribution in [1.29, 1.82) is 0 Å². The number of hydrogen-bond acceptors (Lipinski definition) is 1. The Kier molecular flexibility index (Phi) is 4.99. The van der Waals surface area contributed by atoms with Crippen LogP contribution in [0.15, 0.2) is 60.7 Å². The molecule has 0 saturated carbocycles. The van der Waals surface area contributed by atoms with Crippen molar-refractivity contribution in [3.8, 4) is 5.75 Å². The largest absolute Gasteiger partial charge is 0.472 e. The Bertz CT molecular complexity index is 506. The Morgan fingerprint density at radius 3 is 2.67 bits per heavy atom. The molecule has 0 aliphatic rings. The minimum atomic E-state index is 0.357. The minimum absolute atomic E-state index is 0.357. The van der Waals surface area contributed by atoms with Crippen LogP contribution in [0.3, 0.4) is 0 Å². The molecule has 92 valence electrons. The predicted octanol–water partition coefficient (Wildman–Crippen LogP) is 4.41. The SMILES string of the molecule is CCC=Cc1cccc(OPc2ccccc2)c1. The molecule has 0 amide bonds. The maximum Gasteiger partial charge on any atom is 0.123 e. The summed E-state index contributed by atoms with van der Waals surface area (Å²) in [5.74, 6) is 0.926. The molecule has 2 heteroatoms. The molecule has 0 bridgehead atoms. The molecule has 2 aromatic rings. The lowest BCUT2D eigenvalue weighted by molar-refractivity contribution is 0.638. The second-order valence-corrected chi connectivity index (χ2v) is 4.94. The van der Waals surface area contributed by atoms with Crippen molar-refractivity contribution in [3.05, 3.63) is 66.2 Å². The molecule has 2 aromatic carbocycles. The zero-order valence-corrected chi connectivity index (χ0v) is 11.5. The third-order valence-corrected chi connectivity index (χ3v) is 3.37. The fourth-order valence-electron chi connectivity index (χ4n) is 1.56. The summed E-state index contributed by atoms with van der Waals surface area (Å²) in [6.07, 6.45) is 5.33. The molecule has 0 fully saturated rings. The Balaban J connectivity index is 1.99. The van der Waals surface area contributed by atoms with Crippen molar-refractivity contribution in [2.75, 3.05) is 0 Å². The first-order valence-corrected chi connectivity index (χ1v) is 7.04. The van der Waals surface area contributed by atoms with E-state index in [2.05, 4.69) is 43.3 Å². The molecule has 2 rings (SSSR count). The number of benzene rings is 2. The van der Waals surface area contributed by atoms with Gasteiger partial charge < -0.3 is 4.52 Å². The van der Waals surface area contributed by atoms with Gasteiger partial charge in [-0.3, -0.25) is 0 Å². The van der Waals surface area contributed by atoms with Crippen molar-refractivity contribution in [1.82, 2.24) is 0 Å². The van der Waals surface area contributed by atoms with E-state index in [1.165, 1.54) is 10.9 Å². The summed E-state index contributed by atoms with van der Waals surface area (Å²) in [4.78, 5) is 0. The molecule has 0 aliphatic heterocycles.